The van der Waals surface area contributed by atoms with Crippen molar-refractivity contribution in [3.8, 4) is 0 Å². The predicted molar refractivity (Wildman–Crippen MR) is 58.2 cm³/mol. The molecule has 0 radical (unpaired) electrons. The molecule has 1 aromatic rings. The van der Waals surface area contributed by atoms with E-state index in [1.165, 1.54) is 11.1 Å². The zero-order valence-electron chi connectivity index (χ0n) is 9.23. The van der Waals surface area contributed by atoms with Crippen molar-refractivity contribution in [2.45, 2.75) is 39.3 Å². The summed E-state index contributed by atoms with van der Waals surface area (Å²) in [4.78, 5) is 17.9. The average molecular weight is 204 g/mol. The molecule has 2 heterocycles. The number of pyridine rings is 1. The highest BCUT2D eigenvalue weighted by atomic mass is 16.2. The van der Waals surface area contributed by atoms with Gasteiger partial charge in [0.2, 0.25) is 5.91 Å². The molecular weight excluding hydrogens is 188 g/mol. The summed E-state index contributed by atoms with van der Waals surface area (Å²) in [6.45, 7) is 4.82. The average Bonchev–Trinajstić information content (AvgIpc) is 2.39. The molecule has 1 aromatic heterocycles. The number of hydrogen-bond acceptors (Lipinski definition) is 2. The third kappa shape index (κ3) is 2.01. The highest BCUT2D eigenvalue weighted by molar-refractivity contribution is 5.77. The molecule has 1 aliphatic rings. The molecule has 15 heavy (non-hydrogen) atoms. The fourth-order valence-electron chi connectivity index (χ4n) is 1.97. The van der Waals surface area contributed by atoms with Gasteiger partial charge in [0, 0.05) is 31.4 Å². The Morgan fingerprint density at radius 2 is 2.13 bits per heavy atom. The molecule has 1 amide bonds. The Hall–Kier alpha value is -1.38. The monoisotopic (exact) mass is 204 g/mol. The summed E-state index contributed by atoms with van der Waals surface area (Å²) in [7, 11) is 0. The minimum Gasteiger partial charge on any atom is -0.336 e. The Kier molecular flexibility index (Phi) is 2.71. The summed E-state index contributed by atoms with van der Waals surface area (Å²) in [5.41, 5.74) is 2.46. The lowest BCUT2D eigenvalue weighted by atomic mass is 10.1. The topological polar surface area (TPSA) is 33.2 Å². The molecule has 0 unspecified atom stereocenters. The molecule has 3 nitrogen and oxygen atoms in total. The number of carbonyl (C=O) groups is 1. The Bertz CT molecular complexity index is 374. The fourth-order valence-corrected chi connectivity index (χ4v) is 1.97. The van der Waals surface area contributed by atoms with Gasteiger partial charge in [0.25, 0.3) is 0 Å². The second-order valence-electron chi connectivity index (χ2n) is 4.26. The van der Waals surface area contributed by atoms with Crippen LogP contribution in [-0.4, -0.2) is 21.8 Å². The maximum Gasteiger partial charge on any atom is 0.223 e. The summed E-state index contributed by atoms with van der Waals surface area (Å²) >= 11 is 0. The standard InChI is InChI=1S/C12H16N2O/c1-9(2)14-8-11-7-13-6-5-10(11)3-4-12(14)15/h5-7,9H,3-4,8H2,1-2H3. The summed E-state index contributed by atoms with van der Waals surface area (Å²) in [5.74, 6) is 0.251. The van der Waals surface area contributed by atoms with Crippen LogP contribution in [0, 0.1) is 0 Å². The number of aryl methyl sites for hydroxylation is 1. The highest BCUT2D eigenvalue weighted by Crippen LogP contribution is 2.19. The first kappa shape index (κ1) is 10.1. The van der Waals surface area contributed by atoms with E-state index in [2.05, 4.69) is 18.8 Å². The smallest absolute Gasteiger partial charge is 0.223 e. The number of rotatable bonds is 1. The van der Waals surface area contributed by atoms with Crippen LogP contribution < -0.4 is 0 Å². The molecule has 0 saturated heterocycles. The maximum atomic E-state index is 11.8. The molecule has 1 aliphatic heterocycles. The Morgan fingerprint density at radius 3 is 2.87 bits per heavy atom. The van der Waals surface area contributed by atoms with Crippen LogP contribution in [0.4, 0.5) is 0 Å². The van der Waals surface area contributed by atoms with Gasteiger partial charge in [0.15, 0.2) is 0 Å². The zero-order chi connectivity index (χ0) is 10.8. The third-order valence-corrected chi connectivity index (χ3v) is 2.90. The van der Waals surface area contributed by atoms with Gasteiger partial charge in [-0.3, -0.25) is 9.78 Å². The number of fused-ring (bicyclic) bond motifs is 1. The van der Waals surface area contributed by atoms with Crippen molar-refractivity contribution in [3.63, 3.8) is 0 Å². The molecule has 0 fully saturated rings. The molecule has 0 aromatic carbocycles. The van der Waals surface area contributed by atoms with Gasteiger partial charge in [-0.25, -0.2) is 0 Å². The number of hydrogen-bond donors (Lipinski definition) is 0. The molecule has 0 aliphatic carbocycles. The van der Waals surface area contributed by atoms with Crippen LogP contribution in [0.1, 0.15) is 31.4 Å². The number of aromatic nitrogens is 1. The number of amides is 1. The van der Waals surface area contributed by atoms with E-state index in [0.717, 1.165) is 6.42 Å². The summed E-state index contributed by atoms with van der Waals surface area (Å²) in [5, 5.41) is 0. The normalized spacial score (nSPS) is 16.5. The van der Waals surface area contributed by atoms with Crippen LogP contribution in [0.25, 0.3) is 0 Å². The lowest BCUT2D eigenvalue weighted by molar-refractivity contribution is -0.133. The third-order valence-electron chi connectivity index (χ3n) is 2.90. The quantitative estimate of drug-likeness (QED) is 0.698. The summed E-state index contributed by atoms with van der Waals surface area (Å²) < 4.78 is 0. The molecule has 0 N–H and O–H groups in total. The van der Waals surface area contributed by atoms with Gasteiger partial charge in [0.05, 0.1) is 0 Å². The Balaban J connectivity index is 2.31. The fraction of sp³-hybridized carbons (Fsp3) is 0.500. The molecule has 80 valence electrons. The van der Waals surface area contributed by atoms with Crippen molar-refractivity contribution >= 4 is 5.91 Å². The van der Waals surface area contributed by atoms with Gasteiger partial charge in [-0.05, 0) is 37.5 Å². The summed E-state index contributed by atoms with van der Waals surface area (Å²) in [6, 6.07) is 2.29. The number of nitrogens with zero attached hydrogens (tertiary/aromatic N) is 2. The van der Waals surface area contributed by atoms with Gasteiger partial charge in [-0.2, -0.15) is 0 Å². The second kappa shape index (κ2) is 4.01. The van der Waals surface area contributed by atoms with E-state index in [-0.39, 0.29) is 11.9 Å². The SMILES string of the molecule is CC(C)N1Cc2cnccc2CCC1=O. The van der Waals surface area contributed by atoms with E-state index in [0.29, 0.717) is 13.0 Å². The first-order valence-corrected chi connectivity index (χ1v) is 5.39. The van der Waals surface area contributed by atoms with E-state index >= 15 is 0 Å². The minimum absolute atomic E-state index is 0.251. The van der Waals surface area contributed by atoms with Gasteiger partial charge < -0.3 is 4.90 Å². The Labute approximate surface area is 90.1 Å². The predicted octanol–water partition coefficient (Wildman–Crippen LogP) is 1.76. The maximum absolute atomic E-state index is 11.8. The first-order valence-electron chi connectivity index (χ1n) is 5.39. The lowest BCUT2D eigenvalue weighted by Gasteiger charge is -2.25. The first-order chi connectivity index (χ1) is 7.18. The Morgan fingerprint density at radius 1 is 1.33 bits per heavy atom. The van der Waals surface area contributed by atoms with Crippen LogP contribution in [0.15, 0.2) is 18.5 Å². The van der Waals surface area contributed by atoms with E-state index in [4.69, 9.17) is 0 Å². The van der Waals surface area contributed by atoms with Crippen LogP contribution in [-0.2, 0) is 17.8 Å². The van der Waals surface area contributed by atoms with Crippen molar-refractivity contribution in [2.24, 2.45) is 0 Å². The van der Waals surface area contributed by atoms with Gasteiger partial charge in [-0.1, -0.05) is 0 Å². The molecule has 0 bridgehead atoms. The van der Waals surface area contributed by atoms with Crippen LogP contribution in [0.5, 0.6) is 0 Å². The minimum atomic E-state index is 0.251. The zero-order valence-corrected chi connectivity index (χ0v) is 9.23. The molecular formula is C12H16N2O. The molecule has 2 rings (SSSR count). The van der Waals surface area contributed by atoms with Crippen molar-refractivity contribution < 1.29 is 4.79 Å². The van der Waals surface area contributed by atoms with Crippen molar-refractivity contribution in [1.29, 1.82) is 0 Å². The molecule has 0 atom stereocenters. The van der Waals surface area contributed by atoms with Crippen molar-refractivity contribution in [1.82, 2.24) is 9.88 Å². The van der Waals surface area contributed by atoms with Gasteiger partial charge in [0.1, 0.15) is 0 Å². The van der Waals surface area contributed by atoms with Gasteiger partial charge >= 0.3 is 0 Å². The van der Waals surface area contributed by atoms with Crippen LogP contribution in [0.2, 0.25) is 0 Å². The van der Waals surface area contributed by atoms with Crippen LogP contribution >= 0.6 is 0 Å². The molecule has 0 saturated carbocycles. The number of carbonyl (C=O) groups excluding carboxylic acids is 1. The van der Waals surface area contributed by atoms with E-state index in [9.17, 15) is 4.79 Å². The van der Waals surface area contributed by atoms with Gasteiger partial charge in [-0.15, -0.1) is 0 Å². The van der Waals surface area contributed by atoms with E-state index in [1.807, 2.05) is 17.2 Å². The summed E-state index contributed by atoms with van der Waals surface area (Å²) in [6.07, 6.45) is 5.15. The molecule has 0 spiro atoms. The second-order valence-corrected chi connectivity index (χ2v) is 4.26. The van der Waals surface area contributed by atoms with Crippen LogP contribution in [0.3, 0.4) is 0 Å². The van der Waals surface area contributed by atoms with Crippen molar-refractivity contribution in [3.05, 3.63) is 29.6 Å². The van der Waals surface area contributed by atoms with E-state index in [1.54, 1.807) is 6.20 Å². The van der Waals surface area contributed by atoms with Crippen molar-refractivity contribution in [2.75, 3.05) is 0 Å². The lowest BCUT2D eigenvalue weighted by Crippen LogP contribution is -2.35. The molecule has 3 heteroatoms. The van der Waals surface area contributed by atoms with E-state index < -0.39 is 0 Å². The largest absolute Gasteiger partial charge is 0.336 e. The highest BCUT2D eigenvalue weighted by Gasteiger charge is 2.22.